The van der Waals surface area contributed by atoms with Gasteiger partial charge in [0.15, 0.2) is 5.65 Å². The average molecular weight is 430 g/mol. The quantitative estimate of drug-likeness (QED) is 0.422. The minimum atomic E-state index is -0.310. The number of nitrogens with zero attached hydrogens (tertiary/aromatic N) is 6. The smallest absolute Gasteiger partial charge is 0.352 e. The molecular formula is C23H22N6O3. The van der Waals surface area contributed by atoms with Crippen LogP contribution >= 0.6 is 0 Å². The first-order chi connectivity index (χ1) is 15.2. The summed E-state index contributed by atoms with van der Waals surface area (Å²) in [5, 5.41) is 4.82. The predicted octanol–water partition coefficient (Wildman–Crippen LogP) is 3.20. The van der Waals surface area contributed by atoms with Crippen molar-refractivity contribution in [3.8, 4) is 22.8 Å². The minimum Gasteiger partial charge on any atom is -0.497 e. The van der Waals surface area contributed by atoms with E-state index < -0.39 is 0 Å². The van der Waals surface area contributed by atoms with Gasteiger partial charge in [0, 0.05) is 23.5 Å². The Balaban J connectivity index is 0.00000245. The van der Waals surface area contributed by atoms with Crippen molar-refractivity contribution in [2.24, 2.45) is 0 Å². The summed E-state index contributed by atoms with van der Waals surface area (Å²) < 4.78 is 13.5. The molecule has 4 aromatic heterocycles. The summed E-state index contributed by atoms with van der Waals surface area (Å²) in [6.45, 7) is 0.331. The van der Waals surface area contributed by atoms with Gasteiger partial charge in [0.05, 0.1) is 26.2 Å². The molecule has 9 heteroatoms. The van der Waals surface area contributed by atoms with E-state index in [2.05, 4.69) is 20.1 Å². The van der Waals surface area contributed by atoms with Crippen LogP contribution in [0, 0.1) is 0 Å². The molecule has 0 amide bonds. The zero-order valence-electron chi connectivity index (χ0n) is 16.9. The summed E-state index contributed by atoms with van der Waals surface area (Å²) in [6.07, 6.45) is 4.74. The molecule has 4 heterocycles. The molecule has 0 aliphatic rings. The highest BCUT2D eigenvalue weighted by molar-refractivity contribution is 5.92. The van der Waals surface area contributed by atoms with Gasteiger partial charge in [-0.1, -0.05) is 19.6 Å². The van der Waals surface area contributed by atoms with Crippen molar-refractivity contribution in [2.45, 2.75) is 14.0 Å². The number of pyridine rings is 2. The van der Waals surface area contributed by atoms with Crippen molar-refractivity contribution >= 4 is 16.7 Å². The van der Waals surface area contributed by atoms with E-state index in [1.807, 2.05) is 42.5 Å². The van der Waals surface area contributed by atoms with Crippen LogP contribution in [0.2, 0.25) is 0 Å². The van der Waals surface area contributed by atoms with Crippen molar-refractivity contribution in [2.75, 3.05) is 14.2 Å². The molecule has 0 radical (unpaired) electrons. The maximum Gasteiger partial charge on any atom is 0.352 e. The summed E-state index contributed by atoms with van der Waals surface area (Å²) in [5.41, 5.74) is 3.19. The van der Waals surface area contributed by atoms with Crippen LogP contribution in [-0.2, 0) is 6.54 Å². The fourth-order valence-corrected chi connectivity index (χ4v) is 3.58. The highest BCUT2D eigenvalue weighted by atomic mass is 16.5. The number of benzene rings is 1. The van der Waals surface area contributed by atoms with Crippen LogP contribution < -0.4 is 15.2 Å². The topological polar surface area (TPSA) is 96.4 Å². The molecule has 0 aliphatic heterocycles. The van der Waals surface area contributed by atoms with E-state index in [4.69, 9.17) is 9.47 Å². The van der Waals surface area contributed by atoms with E-state index in [-0.39, 0.29) is 13.1 Å². The summed E-state index contributed by atoms with van der Waals surface area (Å²) in [4.78, 5) is 26.3. The van der Waals surface area contributed by atoms with E-state index in [1.54, 1.807) is 31.2 Å². The average Bonchev–Trinajstić information content (AvgIpc) is 3.32. The molecule has 0 N–H and O–H groups in total. The van der Waals surface area contributed by atoms with Gasteiger partial charge in [-0.15, -0.1) is 0 Å². The summed E-state index contributed by atoms with van der Waals surface area (Å²) in [6, 6.07) is 13.2. The summed E-state index contributed by atoms with van der Waals surface area (Å²) in [7, 11) is 3.19. The normalized spacial score (nSPS) is 10.8. The Kier molecular flexibility index (Phi) is 5.55. The largest absolute Gasteiger partial charge is 0.497 e. The van der Waals surface area contributed by atoms with Gasteiger partial charge in [-0.25, -0.2) is 19.7 Å². The number of ether oxygens (including phenoxy) is 2. The lowest BCUT2D eigenvalue weighted by atomic mass is 10.1. The Hall–Kier alpha value is -4.27. The number of methoxy groups -OCH3 is 2. The molecule has 0 aliphatic carbocycles. The minimum absolute atomic E-state index is 0. The van der Waals surface area contributed by atoms with Crippen LogP contribution in [0.4, 0.5) is 0 Å². The van der Waals surface area contributed by atoms with Crippen LogP contribution in [0.25, 0.3) is 27.8 Å². The Labute approximate surface area is 183 Å². The van der Waals surface area contributed by atoms with Crippen LogP contribution in [0.3, 0.4) is 0 Å². The zero-order valence-corrected chi connectivity index (χ0v) is 16.9. The Morgan fingerprint density at radius 2 is 1.78 bits per heavy atom. The fourth-order valence-electron chi connectivity index (χ4n) is 3.58. The second-order valence-corrected chi connectivity index (χ2v) is 6.87. The molecule has 9 nitrogen and oxygen atoms in total. The van der Waals surface area contributed by atoms with Crippen molar-refractivity contribution in [3.05, 3.63) is 77.2 Å². The molecule has 32 heavy (non-hydrogen) atoms. The lowest BCUT2D eigenvalue weighted by Crippen LogP contribution is -2.28. The molecule has 0 fully saturated rings. The number of hydrogen-bond acceptors (Lipinski definition) is 7. The van der Waals surface area contributed by atoms with E-state index >= 15 is 0 Å². The van der Waals surface area contributed by atoms with Crippen LogP contribution in [0.5, 0.6) is 11.6 Å². The SMILES string of the molecule is C.COc1ccc(Cn2c(=O)n3ncnc3c3cc(-c4cccnc4OC)cnc32)cc1. The first-order valence-electron chi connectivity index (χ1n) is 9.54. The highest BCUT2D eigenvalue weighted by Gasteiger charge is 2.16. The molecule has 0 bridgehead atoms. The Bertz CT molecular complexity index is 1460. The van der Waals surface area contributed by atoms with Gasteiger partial charge in [0.25, 0.3) is 0 Å². The highest BCUT2D eigenvalue weighted by Crippen LogP contribution is 2.29. The maximum absolute atomic E-state index is 13.1. The van der Waals surface area contributed by atoms with E-state index in [0.717, 1.165) is 22.4 Å². The van der Waals surface area contributed by atoms with E-state index in [1.165, 1.54) is 10.8 Å². The first kappa shape index (κ1) is 21.0. The first-order valence-corrected chi connectivity index (χ1v) is 9.54. The second-order valence-electron chi connectivity index (χ2n) is 6.87. The van der Waals surface area contributed by atoms with E-state index in [9.17, 15) is 4.79 Å². The van der Waals surface area contributed by atoms with Crippen molar-refractivity contribution in [1.82, 2.24) is 29.1 Å². The predicted molar refractivity (Wildman–Crippen MR) is 121 cm³/mol. The van der Waals surface area contributed by atoms with Gasteiger partial charge >= 0.3 is 5.69 Å². The van der Waals surface area contributed by atoms with Gasteiger partial charge in [-0.2, -0.15) is 9.61 Å². The molecule has 0 atom stereocenters. The molecule has 5 rings (SSSR count). The molecule has 1 aromatic carbocycles. The number of aromatic nitrogens is 6. The van der Waals surface area contributed by atoms with Crippen molar-refractivity contribution in [3.63, 3.8) is 0 Å². The molecule has 162 valence electrons. The molecule has 0 unspecified atom stereocenters. The van der Waals surface area contributed by atoms with Gasteiger partial charge in [0.1, 0.15) is 17.7 Å². The maximum atomic E-state index is 13.1. The van der Waals surface area contributed by atoms with Crippen LogP contribution in [0.15, 0.2) is 66.0 Å². The lowest BCUT2D eigenvalue weighted by Gasteiger charge is -2.12. The molecule has 0 saturated heterocycles. The monoisotopic (exact) mass is 430 g/mol. The lowest BCUT2D eigenvalue weighted by molar-refractivity contribution is 0.399. The van der Waals surface area contributed by atoms with Crippen LogP contribution in [0.1, 0.15) is 13.0 Å². The van der Waals surface area contributed by atoms with Crippen LogP contribution in [-0.4, -0.2) is 43.4 Å². The standard InChI is InChI=1S/C22H18N6O3.CH4/c1-30-16-7-5-14(6-8-16)12-27-19-18(20-25-13-26-28(20)22(27)29)10-15(11-24-19)17-4-3-9-23-21(17)31-2;/h3-11,13H,12H2,1-2H3;1H4. The number of hydrogen-bond donors (Lipinski definition) is 0. The molecule has 0 saturated carbocycles. The van der Waals surface area contributed by atoms with Gasteiger partial charge < -0.3 is 9.47 Å². The second kappa shape index (κ2) is 8.46. The molecule has 0 spiro atoms. The molecular weight excluding hydrogens is 408 g/mol. The third kappa shape index (κ3) is 3.43. The van der Waals surface area contributed by atoms with E-state index in [0.29, 0.717) is 29.1 Å². The fraction of sp³-hybridized carbons (Fsp3) is 0.174. The zero-order chi connectivity index (χ0) is 21.4. The third-order valence-electron chi connectivity index (χ3n) is 5.10. The summed E-state index contributed by atoms with van der Waals surface area (Å²) in [5.74, 6) is 1.24. The van der Waals surface area contributed by atoms with Gasteiger partial charge in [-0.3, -0.25) is 4.57 Å². The van der Waals surface area contributed by atoms with Gasteiger partial charge in [0.2, 0.25) is 5.88 Å². The molecule has 5 aromatic rings. The number of rotatable bonds is 5. The van der Waals surface area contributed by atoms with Gasteiger partial charge in [-0.05, 0) is 35.9 Å². The number of fused-ring (bicyclic) bond motifs is 3. The third-order valence-corrected chi connectivity index (χ3v) is 5.10. The Morgan fingerprint density at radius 3 is 2.53 bits per heavy atom. The van der Waals surface area contributed by atoms with Crippen molar-refractivity contribution < 1.29 is 9.47 Å². The van der Waals surface area contributed by atoms with Crippen molar-refractivity contribution in [1.29, 1.82) is 0 Å². The summed E-state index contributed by atoms with van der Waals surface area (Å²) >= 11 is 0. The Morgan fingerprint density at radius 1 is 0.969 bits per heavy atom.